The van der Waals surface area contributed by atoms with Gasteiger partial charge in [0.25, 0.3) is 11.6 Å². The minimum atomic E-state index is -0.456. The van der Waals surface area contributed by atoms with Gasteiger partial charge < -0.3 is 4.74 Å². The predicted octanol–water partition coefficient (Wildman–Crippen LogP) is 5.19. The van der Waals surface area contributed by atoms with Crippen molar-refractivity contribution < 1.29 is 14.5 Å². The Kier molecular flexibility index (Phi) is 6.21. The molecule has 7 nitrogen and oxygen atoms in total. The third-order valence-corrected chi connectivity index (χ3v) is 6.28. The van der Waals surface area contributed by atoms with E-state index in [-0.39, 0.29) is 17.7 Å². The lowest BCUT2D eigenvalue weighted by atomic mass is 10.2. The Labute approximate surface area is 185 Å². The van der Waals surface area contributed by atoms with E-state index in [0.717, 1.165) is 27.5 Å². The normalized spacial score (nSPS) is 16.4. The SMILES string of the molecule is O=C(/C=C/c1cccc([N+](=O)[O-])c1)N(CC1CCCO1)c1nc2ccc(Br)cc2s1. The van der Waals surface area contributed by atoms with E-state index in [1.807, 2.05) is 18.2 Å². The molecule has 0 spiro atoms. The molecule has 2 aromatic carbocycles. The smallest absolute Gasteiger partial charge is 0.270 e. The average Bonchev–Trinajstić information content (AvgIpc) is 3.39. The van der Waals surface area contributed by atoms with Crippen molar-refractivity contribution in [1.29, 1.82) is 0 Å². The van der Waals surface area contributed by atoms with E-state index < -0.39 is 4.92 Å². The van der Waals surface area contributed by atoms with E-state index in [1.54, 1.807) is 23.1 Å². The fourth-order valence-corrected chi connectivity index (χ4v) is 4.79. The number of nitrogens with zero attached hydrogens (tertiary/aromatic N) is 3. The summed E-state index contributed by atoms with van der Waals surface area (Å²) in [6.45, 7) is 1.11. The fraction of sp³-hybridized carbons (Fsp3) is 0.238. The number of fused-ring (bicyclic) bond motifs is 1. The highest BCUT2D eigenvalue weighted by molar-refractivity contribution is 9.10. The van der Waals surface area contributed by atoms with Crippen molar-refractivity contribution in [3.8, 4) is 0 Å². The van der Waals surface area contributed by atoms with Crippen molar-refractivity contribution in [2.24, 2.45) is 0 Å². The molecule has 1 saturated heterocycles. The molecule has 154 valence electrons. The van der Waals surface area contributed by atoms with Gasteiger partial charge in [0.2, 0.25) is 0 Å². The number of benzene rings is 2. The van der Waals surface area contributed by atoms with Gasteiger partial charge in [-0.25, -0.2) is 4.98 Å². The molecule has 0 saturated carbocycles. The van der Waals surface area contributed by atoms with Crippen molar-refractivity contribution in [3.63, 3.8) is 0 Å². The third kappa shape index (κ3) is 4.75. The number of rotatable bonds is 6. The zero-order valence-corrected chi connectivity index (χ0v) is 18.3. The van der Waals surface area contributed by atoms with Crippen molar-refractivity contribution in [2.45, 2.75) is 18.9 Å². The maximum absolute atomic E-state index is 13.1. The summed E-state index contributed by atoms with van der Waals surface area (Å²) in [6.07, 6.45) is 4.86. The first-order valence-corrected chi connectivity index (χ1v) is 11.0. The zero-order chi connectivity index (χ0) is 21.1. The first-order chi connectivity index (χ1) is 14.5. The van der Waals surface area contributed by atoms with Crippen LogP contribution in [0, 0.1) is 10.1 Å². The molecular formula is C21H18BrN3O4S. The summed E-state index contributed by atoms with van der Waals surface area (Å²) in [7, 11) is 0. The first-order valence-electron chi connectivity index (χ1n) is 9.41. The number of hydrogen-bond acceptors (Lipinski definition) is 6. The Morgan fingerprint density at radius 2 is 2.23 bits per heavy atom. The second-order valence-corrected chi connectivity index (χ2v) is 8.80. The molecule has 1 aliphatic rings. The summed E-state index contributed by atoms with van der Waals surface area (Å²) in [6, 6.07) is 12.0. The minimum Gasteiger partial charge on any atom is -0.376 e. The summed E-state index contributed by atoms with van der Waals surface area (Å²) in [4.78, 5) is 29.8. The van der Waals surface area contributed by atoms with E-state index >= 15 is 0 Å². The Balaban J connectivity index is 1.61. The van der Waals surface area contributed by atoms with Gasteiger partial charge in [-0.1, -0.05) is 39.4 Å². The molecule has 1 unspecified atom stereocenters. The molecule has 3 aromatic rings. The van der Waals surface area contributed by atoms with Crippen LogP contribution < -0.4 is 4.90 Å². The number of hydrogen-bond donors (Lipinski definition) is 0. The number of halogens is 1. The molecule has 1 fully saturated rings. The molecule has 1 aromatic heterocycles. The van der Waals surface area contributed by atoms with Crippen molar-refractivity contribution >= 4 is 60.3 Å². The lowest BCUT2D eigenvalue weighted by molar-refractivity contribution is -0.384. The molecule has 1 aliphatic heterocycles. The van der Waals surface area contributed by atoms with Crippen LogP contribution in [-0.2, 0) is 9.53 Å². The van der Waals surface area contributed by atoms with Gasteiger partial charge in [0, 0.05) is 29.3 Å². The highest BCUT2D eigenvalue weighted by Gasteiger charge is 2.25. The van der Waals surface area contributed by atoms with Gasteiger partial charge in [-0.3, -0.25) is 19.8 Å². The van der Waals surface area contributed by atoms with E-state index in [1.165, 1.54) is 29.5 Å². The second kappa shape index (κ2) is 9.03. The highest BCUT2D eigenvalue weighted by atomic mass is 79.9. The Morgan fingerprint density at radius 3 is 3.00 bits per heavy atom. The van der Waals surface area contributed by atoms with Crippen molar-refractivity contribution in [1.82, 2.24) is 4.98 Å². The van der Waals surface area contributed by atoms with Crippen molar-refractivity contribution in [2.75, 3.05) is 18.1 Å². The number of carbonyl (C=O) groups excluding carboxylic acids is 1. The highest BCUT2D eigenvalue weighted by Crippen LogP contribution is 2.32. The Morgan fingerprint density at radius 1 is 1.37 bits per heavy atom. The van der Waals surface area contributed by atoms with Gasteiger partial charge in [-0.2, -0.15) is 0 Å². The molecular weight excluding hydrogens is 470 g/mol. The second-order valence-electron chi connectivity index (χ2n) is 6.88. The summed E-state index contributed by atoms with van der Waals surface area (Å²) >= 11 is 4.91. The molecule has 0 aliphatic carbocycles. The van der Waals surface area contributed by atoms with Gasteiger partial charge in [-0.15, -0.1) is 0 Å². The molecule has 0 bridgehead atoms. The maximum atomic E-state index is 13.1. The number of amides is 1. The third-order valence-electron chi connectivity index (χ3n) is 4.75. The van der Waals surface area contributed by atoms with Crippen LogP contribution in [0.25, 0.3) is 16.3 Å². The minimum absolute atomic E-state index is 0.0161. The first kappa shape index (κ1) is 20.6. The molecule has 2 heterocycles. The number of non-ortho nitro benzene ring substituents is 1. The number of thiazole rings is 1. The lowest BCUT2D eigenvalue weighted by Gasteiger charge is -2.21. The van der Waals surface area contributed by atoms with E-state index in [9.17, 15) is 14.9 Å². The van der Waals surface area contributed by atoms with Crippen LogP contribution in [0.1, 0.15) is 18.4 Å². The zero-order valence-electron chi connectivity index (χ0n) is 15.9. The maximum Gasteiger partial charge on any atom is 0.270 e. The quantitative estimate of drug-likeness (QED) is 0.271. The van der Waals surface area contributed by atoms with Gasteiger partial charge in [0.05, 0.1) is 27.8 Å². The largest absolute Gasteiger partial charge is 0.376 e. The Hall–Kier alpha value is -2.62. The monoisotopic (exact) mass is 487 g/mol. The van der Waals surface area contributed by atoms with Gasteiger partial charge in [-0.05, 0) is 42.7 Å². The number of aromatic nitrogens is 1. The number of nitro benzene ring substituents is 1. The van der Waals surface area contributed by atoms with Gasteiger partial charge in [0.1, 0.15) is 0 Å². The van der Waals surface area contributed by atoms with E-state index in [0.29, 0.717) is 23.8 Å². The van der Waals surface area contributed by atoms with Gasteiger partial charge >= 0.3 is 0 Å². The molecule has 4 rings (SSSR count). The number of nitro groups is 1. The van der Waals surface area contributed by atoms with Crippen LogP contribution in [0.4, 0.5) is 10.8 Å². The summed E-state index contributed by atoms with van der Waals surface area (Å²) in [5, 5.41) is 11.6. The number of anilines is 1. The molecule has 0 N–H and O–H groups in total. The number of ether oxygens (including phenoxy) is 1. The van der Waals surface area contributed by atoms with Crippen LogP contribution in [-0.4, -0.2) is 35.1 Å². The van der Waals surface area contributed by atoms with Crippen LogP contribution in [0.3, 0.4) is 0 Å². The van der Waals surface area contributed by atoms with Crippen LogP contribution in [0.2, 0.25) is 0 Å². The summed E-state index contributed by atoms with van der Waals surface area (Å²) in [5.74, 6) is -0.241. The van der Waals surface area contributed by atoms with Crippen molar-refractivity contribution in [3.05, 3.63) is 68.7 Å². The molecule has 1 atom stereocenters. The predicted molar refractivity (Wildman–Crippen MR) is 121 cm³/mol. The standard InChI is InChI=1S/C21H18BrN3O4S/c22-15-7-8-18-19(12-15)30-21(23-18)24(13-17-5-2-10-29-17)20(26)9-6-14-3-1-4-16(11-14)25(27)28/h1,3-4,6-9,11-12,17H,2,5,10,13H2/b9-6+. The summed E-state index contributed by atoms with van der Waals surface area (Å²) in [5.41, 5.74) is 1.39. The van der Waals surface area contributed by atoms with Gasteiger partial charge in [0.15, 0.2) is 5.13 Å². The molecule has 0 radical (unpaired) electrons. The number of carbonyl (C=O) groups is 1. The van der Waals surface area contributed by atoms with Crippen LogP contribution in [0.5, 0.6) is 0 Å². The van der Waals surface area contributed by atoms with E-state index in [4.69, 9.17) is 4.74 Å². The molecule has 30 heavy (non-hydrogen) atoms. The van der Waals surface area contributed by atoms with E-state index in [2.05, 4.69) is 20.9 Å². The van der Waals surface area contributed by atoms with Crippen LogP contribution >= 0.6 is 27.3 Å². The average molecular weight is 488 g/mol. The lowest BCUT2D eigenvalue weighted by Crippen LogP contribution is -2.36. The van der Waals surface area contributed by atoms with Crippen LogP contribution in [0.15, 0.2) is 53.0 Å². The molecule has 9 heteroatoms. The topological polar surface area (TPSA) is 85.6 Å². The molecule has 1 amide bonds. The fourth-order valence-electron chi connectivity index (χ4n) is 3.26. The Bertz CT molecular complexity index is 1120. The summed E-state index contributed by atoms with van der Waals surface area (Å²) < 4.78 is 7.66.